The van der Waals surface area contributed by atoms with Crippen LogP contribution in [0, 0.1) is 0 Å². The third-order valence-electron chi connectivity index (χ3n) is 2.39. The van der Waals surface area contributed by atoms with E-state index in [0.29, 0.717) is 10.7 Å². The molecule has 1 atom stereocenters. The highest BCUT2D eigenvalue weighted by atomic mass is 35.5. The van der Waals surface area contributed by atoms with E-state index in [1.54, 1.807) is 32.9 Å². The molecule has 1 N–H and O–H groups in total. The summed E-state index contributed by atoms with van der Waals surface area (Å²) < 4.78 is 9.80. The molecule has 0 radical (unpaired) electrons. The molecule has 1 aromatic rings. The lowest BCUT2D eigenvalue weighted by Gasteiger charge is -2.23. The lowest BCUT2D eigenvalue weighted by atomic mass is 10.1. The quantitative estimate of drug-likeness (QED) is 0.865. The van der Waals surface area contributed by atoms with Crippen molar-refractivity contribution >= 4 is 23.7 Å². The Morgan fingerprint density at radius 3 is 2.62 bits per heavy atom. The average molecular weight is 315 g/mol. The molecular formula is C14H19ClN2O4. The Hall–Kier alpha value is -1.82. The van der Waals surface area contributed by atoms with Crippen molar-refractivity contribution in [3.63, 3.8) is 0 Å². The summed E-state index contributed by atoms with van der Waals surface area (Å²) in [5, 5.41) is 3.06. The Morgan fingerprint density at radius 2 is 2.10 bits per heavy atom. The lowest BCUT2D eigenvalue weighted by Crippen LogP contribution is -2.36. The third-order valence-corrected chi connectivity index (χ3v) is 2.62. The van der Waals surface area contributed by atoms with Crippen molar-refractivity contribution in [1.82, 2.24) is 10.3 Å². The Morgan fingerprint density at radius 1 is 1.43 bits per heavy atom. The van der Waals surface area contributed by atoms with Crippen LogP contribution in [0.25, 0.3) is 0 Å². The molecule has 0 aromatic carbocycles. The number of nitrogens with one attached hydrogen (secondary N) is 1. The molecule has 1 amide bonds. The average Bonchev–Trinajstić information content (AvgIpc) is 2.35. The smallest absolute Gasteiger partial charge is 0.408 e. The van der Waals surface area contributed by atoms with Crippen LogP contribution in [0.15, 0.2) is 18.3 Å². The number of nitrogens with zero attached hydrogens (tertiary/aromatic N) is 1. The van der Waals surface area contributed by atoms with Gasteiger partial charge >= 0.3 is 12.1 Å². The van der Waals surface area contributed by atoms with Crippen molar-refractivity contribution in [2.45, 2.75) is 38.8 Å². The predicted octanol–water partition coefficient (Wildman–Crippen LogP) is 2.86. The number of aromatic nitrogens is 1. The number of hydrogen-bond donors (Lipinski definition) is 1. The van der Waals surface area contributed by atoms with Crippen molar-refractivity contribution < 1.29 is 19.1 Å². The van der Waals surface area contributed by atoms with E-state index in [9.17, 15) is 9.59 Å². The molecule has 0 bridgehead atoms. The number of amides is 1. The molecule has 116 valence electrons. The van der Waals surface area contributed by atoms with E-state index >= 15 is 0 Å². The first-order valence-electron chi connectivity index (χ1n) is 6.39. The summed E-state index contributed by atoms with van der Waals surface area (Å²) in [5.74, 6) is -0.474. The van der Waals surface area contributed by atoms with Crippen molar-refractivity contribution in [2.75, 3.05) is 7.11 Å². The number of alkyl carbamates (subject to hydrolysis) is 1. The minimum Gasteiger partial charge on any atom is -0.469 e. The Labute approximate surface area is 128 Å². The van der Waals surface area contributed by atoms with Crippen molar-refractivity contribution in [1.29, 1.82) is 0 Å². The van der Waals surface area contributed by atoms with E-state index in [4.69, 9.17) is 16.3 Å². The van der Waals surface area contributed by atoms with Crippen LogP contribution >= 0.6 is 11.6 Å². The van der Waals surface area contributed by atoms with Gasteiger partial charge in [0.2, 0.25) is 0 Å². The number of carbonyl (C=O) groups is 2. The minimum absolute atomic E-state index is 0.0664. The molecular weight excluding hydrogens is 296 g/mol. The van der Waals surface area contributed by atoms with Gasteiger partial charge in [-0.05, 0) is 32.9 Å². The first kappa shape index (κ1) is 17.2. The highest BCUT2D eigenvalue weighted by molar-refractivity contribution is 6.30. The van der Waals surface area contributed by atoms with Gasteiger partial charge in [-0.1, -0.05) is 11.6 Å². The largest absolute Gasteiger partial charge is 0.469 e. The third kappa shape index (κ3) is 6.44. The summed E-state index contributed by atoms with van der Waals surface area (Å²) in [6.45, 7) is 5.25. The number of carbonyl (C=O) groups excluding carboxylic acids is 2. The van der Waals surface area contributed by atoms with Gasteiger partial charge in [-0.3, -0.25) is 9.78 Å². The fraction of sp³-hybridized carbons (Fsp3) is 0.500. The number of esters is 1. The Kier molecular flexibility index (Phi) is 5.96. The van der Waals surface area contributed by atoms with Crippen molar-refractivity contribution in [3.8, 4) is 0 Å². The standard InChI is InChI=1S/C14H19ClN2O4/c1-14(2,3)21-13(19)17-11(8-12(18)20-4)10-7-9(15)5-6-16-10/h5-7,11H,8H2,1-4H3,(H,17,19). The molecule has 0 aliphatic heterocycles. The predicted molar refractivity (Wildman–Crippen MR) is 78.0 cm³/mol. The van der Waals surface area contributed by atoms with Crippen LogP contribution in [0.2, 0.25) is 5.02 Å². The summed E-state index contributed by atoms with van der Waals surface area (Å²) in [4.78, 5) is 27.4. The molecule has 1 heterocycles. The molecule has 1 aromatic heterocycles. The van der Waals surface area contributed by atoms with E-state index in [0.717, 1.165) is 0 Å². The van der Waals surface area contributed by atoms with E-state index in [1.165, 1.54) is 13.3 Å². The summed E-state index contributed by atoms with van der Waals surface area (Å²) in [5.41, 5.74) is -0.180. The van der Waals surface area contributed by atoms with Gasteiger partial charge in [0.25, 0.3) is 0 Å². The van der Waals surface area contributed by atoms with Gasteiger partial charge in [0.15, 0.2) is 0 Å². The van der Waals surface area contributed by atoms with Gasteiger partial charge in [-0.15, -0.1) is 0 Å². The van der Waals surface area contributed by atoms with Crippen molar-refractivity contribution in [2.24, 2.45) is 0 Å². The van der Waals surface area contributed by atoms with Crippen LogP contribution in [0.4, 0.5) is 4.79 Å². The zero-order chi connectivity index (χ0) is 16.0. The monoisotopic (exact) mass is 314 g/mol. The van der Waals surface area contributed by atoms with E-state index in [1.807, 2.05) is 0 Å². The molecule has 0 spiro atoms. The SMILES string of the molecule is COC(=O)CC(NC(=O)OC(C)(C)C)c1cc(Cl)ccn1. The van der Waals surface area contributed by atoms with Crippen molar-refractivity contribution in [3.05, 3.63) is 29.0 Å². The molecule has 0 fully saturated rings. The fourth-order valence-electron chi connectivity index (χ4n) is 1.54. The van der Waals surface area contributed by atoms with Gasteiger partial charge in [-0.2, -0.15) is 0 Å². The van der Waals surface area contributed by atoms with E-state index in [-0.39, 0.29) is 6.42 Å². The minimum atomic E-state index is -0.675. The fourth-order valence-corrected chi connectivity index (χ4v) is 1.71. The second-order valence-electron chi connectivity index (χ2n) is 5.38. The normalized spacial score (nSPS) is 12.4. The lowest BCUT2D eigenvalue weighted by molar-refractivity contribution is -0.141. The summed E-state index contributed by atoms with van der Waals surface area (Å²) >= 11 is 5.90. The maximum absolute atomic E-state index is 11.9. The number of rotatable bonds is 4. The highest BCUT2D eigenvalue weighted by Gasteiger charge is 2.23. The van der Waals surface area contributed by atoms with Crippen LogP contribution in [-0.2, 0) is 14.3 Å². The number of ether oxygens (including phenoxy) is 2. The summed E-state index contributed by atoms with van der Waals surface area (Å²) in [6.07, 6.45) is 0.792. The summed E-state index contributed by atoms with van der Waals surface area (Å²) in [7, 11) is 1.28. The molecule has 0 saturated heterocycles. The van der Waals surface area contributed by atoms with E-state index in [2.05, 4.69) is 15.0 Å². The van der Waals surface area contributed by atoms with Crippen LogP contribution in [-0.4, -0.2) is 29.8 Å². The van der Waals surface area contributed by atoms with Crippen LogP contribution in [0.5, 0.6) is 0 Å². The Bertz CT molecular complexity index is 514. The van der Waals surface area contributed by atoms with Gasteiger partial charge in [0.1, 0.15) is 5.60 Å². The molecule has 1 unspecified atom stereocenters. The number of hydrogen-bond acceptors (Lipinski definition) is 5. The second-order valence-corrected chi connectivity index (χ2v) is 5.81. The molecule has 21 heavy (non-hydrogen) atoms. The van der Waals surface area contributed by atoms with Crippen LogP contribution < -0.4 is 5.32 Å². The molecule has 7 heteroatoms. The first-order valence-corrected chi connectivity index (χ1v) is 6.77. The first-order chi connectivity index (χ1) is 9.71. The zero-order valence-electron chi connectivity index (χ0n) is 12.5. The van der Waals surface area contributed by atoms with Gasteiger partial charge in [0, 0.05) is 11.2 Å². The number of halogens is 1. The molecule has 0 saturated carbocycles. The van der Waals surface area contributed by atoms with Gasteiger partial charge < -0.3 is 14.8 Å². The highest BCUT2D eigenvalue weighted by Crippen LogP contribution is 2.19. The second kappa shape index (κ2) is 7.26. The topological polar surface area (TPSA) is 77.5 Å². The molecule has 1 rings (SSSR count). The molecule has 6 nitrogen and oxygen atoms in total. The zero-order valence-corrected chi connectivity index (χ0v) is 13.2. The van der Waals surface area contributed by atoms with E-state index < -0.39 is 23.7 Å². The van der Waals surface area contributed by atoms with Gasteiger partial charge in [0.05, 0.1) is 25.3 Å². The Balaban J connectivity index is 2.87. The maximum Gasteiger partial charge on any atom is 0.408 e. The summed E-state index contributed by atoms with van der Waals surface area (Å²) in [6, 6.07) is 2.51. The van der Waals surface area contributed by atoms with Crippen LogP contribution in [0.1, 0.15) is 38.9 Å². The van der Waals surface area contributed by atoms with Gasteiger partial charge in [-0.25, -0.2) is 4.79 Å². The van der Waals surface area contributed by atoms with Crippen LogP contribution in [0.3, 0.4) is 0 Å². The number of methoxy groups -OCH3 is 1. The molecule has 0 aliphatic rings. The number of pyridine rings is 1. The molecule has 0 aliphatic carbocycles. The maximum atomic E-state index is 11.9.